The first-order valence-electron chi connectivity index (χ1n) is 10.2. The van der Waals surface area contributed by atoms with Crippen LogP contribution in [0.2, 0.25) is 0 Å². The van der Waals surface area contributed by atoms with Crippen LogP contribution in [0.25, 0.3) is 22.5 Å². The third-order valence-electron chi connectivity index (χ3n) is 5.04. The number of hydrogen-bond donors (Lipinski definition) is 1. The van der Waals surface area contributed by atoms with Crippen LogP contribution >= 0.6 is 0 Å². The number of nitrogens with zero attached hydrogens (tertiary/aromatic N) is 3. The molecule has 0 aliphatic carbocycles. The van der Waals surface area contributed by atoms with E-state index in [0.717, 1.165) is 44.9 Å². The molecule has 3 heterocycles. The second-order valence-corrected chi connectivity index (χ2v) is 7.73. The van der Waals surface area contributed by atoms with Crippen molar-refractivity contribution in [2.24, 2.45) is 0 Å². The molecule has 0 bridgehead atoms. The van der Waals surface area contributed by atoms with Crippen molar-refractivity contribution in [2.45, 2.75) is 27.3 Å². The number of carbonyl (C=O) groups is 1. The average Bonchev–Trinajstić information content (AvgIpc) is 2.79. The third-order valence-corrected chi connectivity index (χ3v) is 5.04. The number of nitrogens with one attached hydrogen (secondary N) is 1. The van der Waals surface area contributed by atoms with Crippen LogP contribution in [0.4, 0.5) is 0 Å². The van der Waals surface area contributed by atoms with Crippen molar-refractivity contribution >= 4 is 5.91 Å². The van der Waals surface area contributed by atoms with Gasteiger partial charge in [-0.15, -0.1) is 0 Å². The standard InChI is InChI=1S/C26H24N4O/c1-17-4-8-24(28-13-17)21-10-22(25-9-5-18(2)14-29-25)12-23(11-21)26(31)30-16-20-7-6-19(3)27-15-20/h4-15H,16H2,1-3H3,(H,30,31). The molecule has 0 atom stereocenters. The van der Waals surface area contributed by atoms with E-state index in [4.69, 9.17) is 0 Å². The topological polar surface area (TPSA) is 67.8 Å². The molecular weight excluding hydrogens is 384 g/mol. The molecule has 0 fully saturated rings. The second kappa shape index (κ2) is 8.88. The monoisotopic (exact) mass is 408 g/mol. The number of aromatic nitrogens is 3. The lowest BCUT2D eigenvalue weighted by Gasteiger charge is -2.11. The highest BCUT2D eigenvalue weighted by molar-refractivity contribution is 5.97. The van der Waals surface area contributed by atoms with Gasteiger partial charge >= 0.3 is 0 Å². The summed E-state index contributed by atoms with van der Waals surface area (Å²) < 4.78 is 0. The van der Waals surface area contributed by atoms with Crippen LogP contribution in [-0.4, -0.2) is 20.9 Å². The lowest BCUT2D eigenvalue weighted by molar-refractivity contribution is 0.0951. The van der Waals surface area contributed by atoms with Gasteiger partial charge in [0.15, 0.2) is 0 Å². The Morgan fingerprint density at radius 2 is 1.35 bits per heavy atom. The fraction of sp³-hybridized carbons (Fsp3) is 0.154. The van der Waals surface area contributed by atoms with Gasteiger partial charge < -0.3 is 5.32 Å². The summed E-state index contributed by atoms with van der Waals surface area (Å²) in [7, 11) is 0. The van der Waals surface area contributed by atoms with Gasteiger partial charge in [-0.2, -0.15) is 0 Å². The molecule has 5 nitrogen and oxygen atoms in total. The van der Waals surface area contributed by atoms with E-state index in [1.165, 1.54) is 0 Å². The smallest absolute Gasteiger partial charge is 0.251 e. The number of carbonyl (C=O) groups excluding carboxylic acids is 1. The van der Waals surface area contributed by atoms with Crippen molar-refractivity contribution in [2.75, 3.05) is 0 Å². The van der Waals surface area contributed by atoms with Crippen LogP contribution in [0, 0.1) is 20.8 Å². The molecule has 0 aliphatic rings. The molecule has 0 saturated carbocycles. The summed E-state index contributed by atoms with van der Waals surface area (Å²) >= 11 is 0. The highest BCUT2D eigenvalue weighted by atomic mass is 16.1. The van der Waals surface area contributed by atoms with E-state index in [0.29, 0.717) is 12.1 Å². The lowest BCUT2D eigenvalue weighted by Crippen LogP contribution is -2.23. The van der Waals surface area contributed by atoms with E-state index >= 15 is 0 Å². The minimum Gasteiger partial charge on any atom is -0.348 e. The normalized spacial score (nSPS) is 10.7. The SMILES string of the molecule is Cc1ccc(-c2cc(C(=O)NCc3ccc(C)nc3)cc(-c3ccc(C)cn3)c2)nc1. The Morgan fingerprint density at radius 3 is 1.84 bits per heavy atom. The van der Waals surface area contributed by atoms with Crippen molar-refractivity contribution in [1.82, 2.24) is 20.3 Å². The van der Waals surface area contributed by atoms with Gasteiger partial charge in [0.05, 0.1) is 11.4 Å². The Hall–Kier alpha value is -3.86. The predicted octanol–water partition coefficient (Wildman–Crippen LogP) is 5.06. The zero-order chi connectivity index (χ0) is 21.8. The van der Waals surface area contributed by atoms with Crippen molar-refractivity contribution in [1.29, 1.82) is 0 Å². The minimum atomic E-state index is -0.150. The van der Waals surface area contributed by atoms with Gasteiger partial charge in [-0.1, -0.05) is 18.2 Å². The Kier molecular flexibility index (Phi) is 5.85. The summed E-state index contributed by atoms with van der Waals surface area (Å²) in [5.74, 6) is -0.150. The molecule has 0 saturated heterocycles. The molecule has 0 spiro atoms. The van der Waals surface area contributed by atoms with E-state index in [9.17, 15) is 4.79 Å². The van der Waals surface area contributed by atoms with E-state index in [1.807, 2.05) is 87.8 Å². The Bertz CT molecular complexity index is 1130. The van der Waals surface area contributed by atoms with E-state index in [2.05, 4.69) is 20.3 Å². The number of rotatable bonds is 5. The first kappa shape index (κ1) is 20.4. The molecule has 5 heteroatoms. The number of benzene rings is 1. The Balaban J connectivity index is 1.68. The number of aryl methyl sites for hydroxylation is 3. The molecule has 4 rings (SSSR count). The van der Waals surface area contributed by atoms with Gasteiger partial charge in [-0.3, -0.25) is 19.7 Å². The molecule has 0 radical (unpaired) electrons. The van der Waals surface area contributed by atoms with Gasteiger partial charge in [-0.25, -0.2) is 0 Å². The molecule has 4 aromatic rings. The number of hydrogen-bond acceptors (Lipinski definition) is 4. The van der Waals surface area contributed by atoms with Gasteiger partial charge in [0.25, 0.3) is 5.91 Å². The molecule has 0 aliphatic heterocycles. The highest BCUT2D eigenvalue weighted by Crippen LogP contribution is 2.27. The summed E-state index contributed by atoms with van der Waals surface area (Å²) in [6.07, 6.45) is 5.44. The van der Waals surface area contributed by atoms with Crippen LogP contribution in [0.1, 0.15) is 32.7 Å². The molecule has 31 heavy (non-hydrogen) atoms. The molecule has 3 aromatic heterocycles. The maximum Gasteiger partial charge on any atom is 0.251 e. The highest BCUT2D eigenvalue weighted by Gasteiger charge is 2.12. The quantitative estimate of drug-likeness (QED) is 0.501. The summed E-state index contributed by atoms with van der Waals surface area (Å²) in [6, 6.07) is 17.6. The largest absolute Gasteiger partial charge is 0.348 e. The van der Waals surface area contributed by atoms with Gasteiger partial charge in [0.2, 0.25) is 0 Å². The van der Waals surface area contributed by atoms with Crippen molar-refractivity contribution in [3.63, 3.8) is 0 Å². The molecule has 0 unspecified atom stereocenters. The first-order valence-corrected chi connectivity index (χ1v) is 10.2. The van der Waals surface area contributed by atoms with Crippen LogP contribution in [0.5, 0.6) is 0 Å². The van der Waals surface area contributed by atoms with E-state index in [-0.39, 0.29) is 5.91 Å². The lowest BCUT2D eigenvalue weighted by atomic mass is 10.00. The van der Waals surface area contributed by atoms with Gasteiger partial charge in [0, 0.05) is 47.5 Å². The average molecular weight is 409 g/mol. The third kappa shape index (κ3) is 5.01. The zero-order valence-corrected chi connectivity index (χ0v) is 17.9. The Labute approximate surface area is 182 Å². The molecular formula is C26H24N4O. The van der Waals surface area contributed by atoms with Crippen molar-refractivity contribution < 1.29 is 4.79 Å². The first-order chi connectivity index (χ1) is 15.0. The molecule has 1 N–H and O–H groups in total. The zero-order valence-electron chi connectivity index (χ0n) is 17.9. The van der Waals surface area contributed by atoms with E-state index in [1.54, 1.807) is 6.20 Å². The maximum atomic E-state index is 13.0. The molecule has 154 valence electrons. The Morgan fingerprint density at radius 1 is 0.742 bits per heavy atom. The van der Waals surface area contributed by atoms with Gasteiger partial charge in [-0.05, 0) is 73.9 Å². The summed E-state index contributed by atoms with van der Waals surface area (Å²) in [5.41, 5.74) is 8.03. The molecule has 1 amide bonds. The van der Waals surface area contributed by atoms with E-state index < -0.39 is 0 Å². The van der Waals surface area contributed by atoms with Crippen LogP contribution in [0.3, 0.4) is 0 Å². The summed E-state index contributed by atoms with van der Waals surface area (Å²) in [6.45, 7) is 6.36. The van der Waals surface area contributed by atoms with Crippen LogP contribution in [0.15, 0.2) is 73.2 Å². The second-order valence-electron chi connectivity index (χ2n) is 7.73. The van der Waals surface area contributed by atoms with Crippen molar-refractivity contribution in [3.05, 3.63) is 101 Å². The van der Waals surface area contributed by atoms with Crippen molar-refractivity contribution in [3.8, 4) is 22.5 Å². The van der Waals surface area contributed by atoms with Gasteiger partial charge in [0.1, 0.15) is 0 Å². The van der Waals surface area contributed by atoms with Crippen LogP contribution in [-0.2, 0) is 6.54 Å². The fourth-order valence-electron chi connectivity index (χ4n) is 3.22. The van der Waals surface area contributed by atoms with Crippen LogP contribution < -0.4 is 5.32 Å². The summed E-state index contributed by atoms with van der Waals surface area (Å²) in [5, 5.41) is 2.99. The predicted molar refractivity (Wildman–Crippen MR) is 123 cm³/mol. The molecule has 1 aromatic carbocycles. The number of pyridine rings is 3. The maximum absolute atomic E-state index is 13.0. The summed E-state index contributed by atoms with van der Waals surface area (Å²) in [4.78, 5) is 26.4. The number of amides is 1. The fourth-order valence-corrected chi connectivity index (χ4v) is 3.22. The minimum absolute atomic E-state index is 0.150.